The first kappa shape index (κ1) is 9.94. The molecule has 0 bridgehead atoms. The molecule has 0 aromatic heterocycles. The van der Waals surface area contributed by atoms with Crippen LogP contribution in [0.2, 0.25) is 5.02 Å². The second kappa shape index (κ2) is 3.31. The Morgan fingerprint density at radius 3 is 2.25 bits per heavy atom. The van der Waals surface area contributed by atoms with Crippen LogP contribution < -0.4 is 0 Å². The van der Waals surface area contributed by atoms with Crippen LogP contribution in [-0.4, -0.2) is 0 Å². The molecule has 0 fully saturated rings. The third-order valence-corrected chi connectivity index (χ3v) is 2.39. The number of rotatable bonds is 0. The van der Waals surface area contributed by atoms with Crippen LogP contribution in [0.3, 0.4) is 0 Å². The smallest absolute Gasteiger partial charge is 0.0409 e. The summed E-state index contributed by atoms with van der Waals surface area (Å²) in [7, 11) is 0. The van der Waals surface area contributed by atoms with Crippen molar-refractivity contribution in [1.29, 1.82) is 0 Å². The van der Waals surface area contributed by atoms with E-state index in [1.165, 1.54) is 5.56 Å². The van der Waals surface area contributed by atoms with E-state index in [1.807, 2.05) is 18.2 Å². The number of benzene rings is 1. The summed E-state index contributed by atoms with van der Waals surface area (Å²) >= 11 is 10.3. The highest BCUT2D eigenvalue weighted by Crippen LogP contribution is 2.30. The van der Waals surface area contributed by atoms with Crippen molar-refractivity contribution >= 4 is 24.2 Å². The van der Waals surface area contributed by atoms with E-state index in [4.69, 9.17) is 11.6 Å². The third-order valence-electron chi connectivity index (χ3n) is 1.77. The molecule has 0 aliphatic heterocycles. The van der Waals surface area contributed by atoms with Crippen molar-refractivity contribution in [3.05, 3.63) is 28.8 Å². The molecular formula is C10H13ClS. The van der Waals surface area contributed by atoms with Crippen molar-refractivity contribution in [2.75, 3.05) is 0 Å². The van der Waals surface area contributed by atoms with Crippen LogP contribution in [0.1, 0.15) is 26.3 Å². The second-order valence-electron chi connectivity index (χ2n) is 3.91. The van der Waals surface area contributed by atoms with Crippen molar-refractivity contribution < 1.29 is 0 Å². The fraction of sp³-hybridized carbons (Fsp3) is 0.400. The lowest BCUT2D eigenvalue weighted by molar-refractivity contribution is 0.578. The average Bonchev–Trinajstić information content (AvgIpc) is 1.92. The number of thiol groups is 1. The van der Waals surface area contributed by atoms with Crippen molar-refractivity contribution in [2.45, 2.75) is 31.1 Å². The van der Waals surface area contributed by atoms with E-state index in [0.29, 0.717) is 0 Å². The van der Waals surface area contributed by atoms with Gasteiger partial charge < -0.3 is 0 Å². The SMILES string of the molecule is CC(C)(C)c1cc(Cl)ccc1S. The highest BCUT2D eigenvalue weighted by molar-refractivity contribution is 7.80. The molecule has 0 N–H and O–H groups in total. The Hall–Kier alpha value is -0.140. The van der Waals surface area contributed by atoms with Gasteiger partial charge in [-0.3, -0.25) is 0 Å². The van der Waals surface area contributed by atoms with E-state index in [-0.39, 0.29) is 5.41 Å². The Balaban J connectivity index is 3.23. The summed E-state index contributed by atoms with van der Waals surface area (Å²) in [6.07, 6.45) is 0. The van der Waals surface area contributed by atoms with Gasteiger partial charge in [0.25, 0.3) is 0 Å². The Morgan fingerprint density at radius 2 is 1.83 bits per heavy atom. The summed E-state index contributed by atoms with van der Waals surface area (Å²) in [5, 5.41) is 0.776. The summed E-state index contributed by atoms with van der Waals surface area (Å²) < 4.78 is 0. The Kier molecular flexibility index (Phi) is 2.74. The largest absolute Gasteiger partial charge is 0.143 e. The zero-order valence-corrected chi connectivity index (χ0v) is 9.21. The second-order valence-corrected chi connectivity index (χ2v) is 4.83. The molecule has 1 rings (SSSR count). The van der Waals surface area contributed by atoms with E-state index in [2.05, 4.69) is 33.4 Å². The predicted molar refractivity (Wildman–Crippen MR) is 57.4 cm³/mol. The van der Waals surface area contributed by atoms with E-state index in [9.17, 15) is 0 Å². The molecule has 0 amide bonds. The lowest BCUT2D eigenvalue weighted by atomic mass is 9.87. The van der Waals surface area contributed by atoms with Crippen molar-refractivity contribution in [2.24, 2.45) is 0 Å². The number of hydrogen-bond acceptors (Lipinski definition) is 1. The highest BCUT2D eigenvalue weighted by Gasteiger charge is 2.16. The molecule has 0 heterocycles. The molecule has 0 nitrogen and oxygen atoms in total. The Labute approximate surface area is 84.3 Å². The van der Waals surface area contributed by atoms with Gasteiger partial charge in [-0.1, -0.05) is 32.4 Å². The average molecular weight is 201 g/mol. The van der Waals surface area contributed by atoms with Gasteiger partial charge in [0.15, 0.2) is 0 Å². The molecule has 0 aliphatic carbocycles. The molecule has 0 saturated carbocycles. The van der Waals surface area contributed by atoms with E-state index < -0.39 is 0 Å². The third kappa shape index (κ3) is 2.18. The molecule has 1 aromatic rings. The van der Waals surface area contributed by atoms with Crippen molar-refractivity contribution in [3.8, 4) is 0 Å². The fourth-order valence-corrected chi connectivity index (χ4v) is 1.76. The molecule has 0 spiro atoms. The Bertz CT molecular complexity index is 286. The van der Waals surface area contributed by atoms with Crippen LogP contribution in [0.15, 0.2) is 23.1 Å². The van der Waals surface area contributed by atoms with E-state index in [0.717, 1.165) is 9.92 Å². The molecule has 1 aromatic carbocycles. The first-order chi connectivity index (χ1) is 5.41. The maximum Gasteiger partial charge on any atom is 0.0409 e. The zero-order valence-electron chi connectivity index (χ0n) is 7.56. The molecule has 12 heavy (non-hydrogen) atoms. The van der Waals surface area contributed by atoms with Gasteiger partial charge in [-0.15, -0.1) is 12.6 Å². The van der Waals surface area contributed by atoms with Crippen LogP contribution in [0, 0.1) is 0 Å². The van der Waals surface area contributed by atoms with Crippen LogP contribution in [0.4, 0.5) is 0 Å². The van der Waals surface area contributed by atoms with Gasteiger partial charge >= 0.3 is 0 Å². The van der Waals surface area contributed by atoms with Crippen LogP contribution in [0.5, 0.6) is 0 Å². The van der Waals surface area contributed by atoms with Gasteiger partial charge in [0.05, 0.1) is 0 Å². The van der Waals surface area contributed by atoms with Gasteiger partial charge in [-0.2, -0.15) is 0 Å². The summed E-state index contributed by atoms with van der Waals surface area (Å²) in [5.74, 6) is 0. The first-order valence-corrected chi connectivity index (χ1v) is 4.73. The first-order valence-electron chi connectivity index (χ1n) is 3.90. The minimum atomic E-state index is 0.113. The zero-order chi connectivity index (χ0) is 9.35. The lowest BCUT2D eigenvalue weighted by Crippen LogP contribution is -2.11. The van der Waals surface area contributed by atoms with Gasteiger partial charge in [0.1, 0.15) is 0 Å². The quantitative estimate of drug-likeness (QED) is 0.603. The maximum absolute atomic E-state index is 5.89. The summed E-state index contributed by atoms with van der Waals surface area (Å²) in [6.45, 7) is 6.45. The number of hydrogen-bond donors (Lipinski definition) is 1. The van der Waals surface area contributed by atoms with Gasteiger partial charge in [0.2, 0.25) is 0 Å². The van der Waals surface area contributed by atoms with E-state index >= 15 is 0 Å². The van der Waals surface area contributed by atoms with Gasteiger partial charge in [-0.25, -0.2) is 0 Å². The summed E-state index contributed by atoms with van der Waals surface area (Å²) in [4.78, 5) is 1.01. The molecule has 0 radical (unpaired) electrons. The molecular weight excluding hydrogens is 188 g/mol. The topological polar surface area (TPSA) is 0 Å². The van der Waals surface area contributed by atoms with Crippen LogP contribution in [0.25, 0.3) is 0 Å². The van der Waals surface area contributed by atoms with E-state index in [1.54, 1.807) is 0 Å². The minimum Gasteiger partial charge on any atom is -0.143 e. The maximum atomic E-state index is 5.89. The van der Waals surface area contributed by atoms with Crippen LogP contribution >= 0.6 is 24.2 Å². The fourth-order valence-electron chi connectivity index (χ4n) is 1.11. The molecule has 0 atom stereocenters. The molecule has 0 saturated heterocycles. The summed E-state index contributed by atoms with van der Waals surface area (Å²) in [6, 6.07) is 5.77. The summed E-state index contributed by atoms with van der Waals surface area (Å²) in [5.41, 5.74) is 1.31. The van der Waals surface area contributed by atoms with Crippen LogP contribution in [-0.2, 0) is 5.41 Å². The van der Waals surface area contributed by atoms with Gasteiger partial charge in [0, 0.05) is 9.92 Å². The normalized spacial score (nSPS) is 11.8. The van der Waals surface area contributed by atoms with Gasteiger partial charge in [-0.05, 0) is 29.2 Å². The Morgan fingerprint density at radius 1 is 1.25 bits per heavy atom. The monoisotopic (exact) mass is 200 g/mol. The highest BCUT2D eigenvalue weighted by atomic mass is 35.5. The lowest BCUT2D eigenvalue weighted by Gasteiger charge is -2.21. The number of halogens is 1. The molecule has 2 heteroatoms. The van der Waals surface area contributed by atoms with Crippen molar-refractivity contribution in [3.63, 3.8) is 0 Å². The predicted octanol–water partition coefficient (Wildman–Crippen LogP) is 3.93. The standard InChI is InChI=1S/C10H13ClS/c1-10(2,3)8-6-7(11)4-5-9(8)12/h4-6,12H,1-3H3. The minimum absolute atomic E-state index is 0.113. The molecule has 66 valence electrons. The molecule has 0 unspecified atom stereocenters. The van der Waals surface area contributed by atoms with Crippen molar-refractivity contribution in [1.82, 2.24) is 0 Å². The molecule has 0 aliphatic rings.